The second-order valence-corrected chi connectivity index (χ2v) is 3.09. The van der Waals surface area contributed by atoms with Gasteiger partial charge in [-0.2, -0.15) is 0 Å². The number of rotatable bonds is 4. The molecule has 0 aliphatic heterocycles. The number of hydrogen-bond donors (Lipinski definition) is 1. The molecule has 74 valence electrons. The van der Waals surface area contributed by atoms with Crippen molar-refractivity contribution in [3.63, 3.8) is 0 Å². The van der Waals surface area contributed by atoms with Gasteiger partial charge in [0.15, 0.2) is 0 Å². The van der Waals surface area contributed by atoms with Crippen molar-refractivity contribution in [3.8, 4) is 0 Å². The van der Waals surface area contributed by atoms with Crippen LogP contribution in [-0.2, 0) is 0 Å². The highest BCUT2D eigenvalue weighted by molar-refractivity contribution is 5.97. The van der Waals surface area contributed by atoms with Crippen molar-refractivity contribution in [2.24, 2.45) is 10.7 Å². The van der Waals surface area contributed by atoms with Gasteiger partial charge in [0.05, 0.1) is 0 Å². The van der Waals surface area contributed by atoms with Crippen LogP contribution in [-0.4, -0.2) is 12.4 Å². The molecule has 1 aromatic carbocycles. The van der Waals surface area contributed by atoms with E-state index in [1.165, 1.54) is 0 Å². The standard InChI is InChI=1S/C12H16N2/c1-3-9-14-12(13)11-7-5-10(4-2)6-8-11/h4-8H,2-3,9H2,1H3,(H2,13,14). The second kappa shape index (κ2) is 5.22. The van der Waals surface area contributed by atoms with Gasteiger partial charge in [-0.25, -0.2) is 0 Å². The zero-order valence-corrected chi connectivity index (χ0v) is 8.53. The van der Waals surface area contributed by atoms with Gasteiger partial charge >= 0.3 is 0 Å². The smallest absolute Gasteiger partial charge is 0.125 e. The Kier molecular flexibility index (Phi) is 3.92. The van der Waals surface area contributed by atoms with Gasteiger partial charge in [-0.3, -0.25) is 4.99 Å². The summed E-state index contributed by atoms with van der Waals surface area (Å²) >= 11 is 0. The van der Waals surface area contributed by atoms with Gasteiger partial charge in [0, 0.05) is 12.1 Å². The number of nitrogens with two attached hydrogens (primary N) is 1. The van der Waals surface area contributed by atoms with Crippen molar-refractivity contribution in [1.82, 2.24) is 0 Å². The molecule has 0 fully saturated rings. The third-order valence-electron chi connectivity index (χ3n) is 1.95. The molecule has 0 saturated heterocycles. The first-order valence-corrected chi connectivity index (χ1v) is 4.80. The third-order valence-corrected chi connectivity index (χ3v) is 1.95. The molecule has 14 heavy (non-hydrogen) atoms. The lowest BCUT2D eigenvalue weighted by Crippen LogP contribution is -2.13. The highest BCUT2D eigenvalue weighted by atomic mass is 14.8. The van der Waals surface area contributed by atoms with E-state index in [0.717, 1.165) is 24.1 Å². The summed E-state index contributed by atoms with van der Waals surface area (Å²) in [5, 5.41) is 0. The molecule has 0 aliphatic rings. The van der Waals surface area contributed by atoms with Crippen LogP contribution in [0.15, 0.2) is 35.8 Å². The summed E-state index contributed by atoms with van der Waals surface area (Å²) in [5.41, 5.74) is 7.87. The summed E-state index contributed by atoms with van der Waals surface area (Å²) in [4.78, 5) is 4.24. The zero-order valence-electron chi connectivity index (χ0n) is 8.53. The number of amidine groups is 1. The van der Waals surface area contributed by atoms with Crippen molar-refractivity contribution in [3.05, 3.63) is 42.0 Å². The lowest BCUT2D eigenvalue weighted by atomic mass is 10.1. The average Bonchev–Trinajstić information content (AvgIpc) is 2.26. The molecule has 0 aromatic heterocycles. The van der Waals surface area contributed by atoms with Crippen LogP contribution < -0.4 is 5.73 Å². The van der Waals surface area contributed by atoms with Crippen LogP contribution in [0.25, 0.3) is 6.08 Å². The van der Waals surface area contributed by atoms with E-state index in [9.17, 15) is 0 Å². The van der Waals surface area contributed by atoms with E-state index >= 15 is 0 Å². The summed E-state index contributed by atoms with van der Waals surface area (Å²) in [6, 6.07) is 7.89. The lowest BCUT2D eigenvalue weighted by Gasteiger charge is -2.01. The van der Waals surface area contributed by atoms with Crippen LogP contribution in [0.1, 0.15) is 24.5 Å². The summed E-state index contributed by atoms with van der Waals surface area (Å²) in [5.74, 6) is 0.613. The van der Waals surface area contributed by atoms with E-state index in [0.29, 0.717) is 5.84 Å². The summed E-state index contributed by atoms with van der Waals surface area (Å²) in [7, 11) is 0. The van der Waals surface area contributed by atoms with Gasteiger partial charge in [0.1, 0.15) is 5.84 Å². The fourth-order valence-electron chi connectivity index (χ4n) is 1.11. The highest BCUT2D eigenvalue weighted by Crippen LogP contribution is 2.05. The van der Waals surface area contributed by atoms with E-state index in [4.69, 9.17) is 5.73 Å². The molecular weight excluding hydrogens is 172 g/mol. The maximum Gasteiger partial charge on any atom is 0.125 e. The number of benzene rings is 1. The molecule has 0 unspecified atom stereocenters. The largest absolute Gasteiger partial charge is 0.384 e. The van der Waals surface area contributed by atoms with Crippen molar-refractivity contribution < 1.29 is 0 Å². The predicted molar refractivity (Wildman–Crippen MR) is 62.4 cm³/mol. The Hall–Kier alpha value is -1.57. The Labute approximate surface area is 85.2 Å². The molecule has 2 N–H and O–H groups in total. The molecule has 0 spiro atoms. The number of hydrogen-bond acceptors (Lipinski definition) is 1. The fourth-order valence-corrected chi connectivity index (χ4v) is 1.11. The van der Waals surface area contributed by atoms with Crippen LogP contribution >= 0.6 is 0 Å². The molecule has 2 nitrogen and oxygen atoms in total. The maximum absolute atomic E-state index is 5.80. The molecule has 1 rings (SSSR count). The Bertz CT molecular complexity index is 323. The second-order valence-electron chi connectivity index (χ2n) is 3.09. The molecule has 0 radical (unpaired) electrons. The van der Waals surface area contributed by atoms with Crippen molar-refractivity contribution in [2.75, 3.05) is 6.54 Å². The maximum atomic E-state index is 5.80. The SMILES string of the molecule is C=Cc1ccc(C(N)=NCCC)cc1. The first kappa shape index (κ1) is 10.5. The van der Waals surface area contributed by atoms with Crippen LogP contribution in [0.4, 0.5) is 0 Å². The molecule has 0 aliphatic carbocycles. The molecule has 0 heterocycles. The zero-order chi connectivity index (χ0) is 10.4. The van der Waals surface area contributed by atoms with Gasteiger partial charge in [-0.05, 0) is 12.0 Å². The topological polar surface area (TPSA) is 38.4 Å². The Morgan fingerprint density at radius 1 is 1.43 bits per heavy atom. The van der Waals surface area contributed by atoms with E-state index < -0.39 is 0 Å². The fraction of sp³-hybridized carbons (Fsp3) is 0.250. The molecule has 0 atom stereocenters. The Balaban J connectivity index is 2.80. The minimum Gasteiger partial charge on any atom is -0.384 e. The predicted octanol–water partition coefficient (Wildman–Crippen LogP) is 2.44. The number of nitrogens with zero attached hydrogens (tertiary/aromatic N) is 1. The third kappa shape index (κ3) is 2.73. The van der Waals surface area contributed by atoms with Gasteiger partial charge in [-0.1, -0.05) is 43.8 Å². The normalized spacial score (nSPS) is 11.4. The van der Waals surface area contributed by atoms with Gasteiger partial charge in [0.25, 0.3) is 0 Å². The van der Waals surface area contributed by atoms with Crippen LogP contribution in [0.5, 0.6) is 0 Å². The molecule has 1 aromatic rings. The van der Waals surface area contributed by atoms with Crippen LogP contribution in [0.3, 0.4) is 0 Å². The quantitative estimate of drug-likeness (QED) is 0.572. The van der Waals surface area contributed by atoms with Gasteiger partial charge < -0.3 is 5.73 Å². The Morgan fingerprint density at radius 2 is 2.07 bits per heavy atom. The van der Waals surface area contributed by atoms with E-state index in [-0.39, 0.29) is 0 Å². The molecule has 0 bridgehead atoms. The highest BCUT2D eigenvalue weighted by Gasteiger charge is 1.96. The average molecular weight is 188 g/mol. The molecular formula is C12H16N2. The van der Waals surface area contributed by atoms with Crippen molar-refractivity contribution in [2.45, 2.75) is 13.3 Å². The van der Waals surface area contributed by atoms with Crippen molar-refractivity contribution >= 4 is 11.9 Å². The first-order chi connectivity index (χ1) is 6.77. The molecule has 0 saturated carbocycles. The summed E-state index contributed by atoms with van der Waals surface area (Å²) < 4.78 is 0. The van der Waals surface area contributed by atoms with E-state index in [1.807, 2.05) is 30.3 Å². The summed E-state index contributed by atoms with van der Waals surface area (Å²) in [6.45, 7) is 6.56. The van der Waals surface area contributed by atoms with E-state index in [1.54, 1.807) is 0 Å². The number of aliphatic imine (C=N–C) groups is 1. The van der Waals surface area contributed by atoms with Gasteiger partial charge in [-0.15, -0.1) is 0 Å². The van der Waals surface area contributed by atoms with Crippen LogP contribution in [0.2, 0.25) is 0 Å². The van der Waals surface area contributed by atoms with Crippen molar-refractivity contribution in [1.29, 1.82) is 0 Å². The van der Waals surface area contributed by atoms with Gasteiger partial charge in [0.2, 0.25) is 0 Å². The first-order valence-electron chi connectivity index (χ1n) is 4.80. The Morgan fingerprint density at radius 3 is 2.57 bits per heavy atom. The minimum absolute atomic E-state index is 0.613. The molecule has 0 amide bonds. The van der Waals surface area contributed by atoms with E-state index in [2.05, 4.69) is 18.5 Å². The minimum atomic E-state index is 0.613. The molecule has 2 heteroatoms. The lowest BCUT2D eigenvalue weighted by molar-refractivity contribution is 0.930. The summed E-state index contributed by atoms with van der Waals surface area (Å²) in [6.07, 6.45) is 2.83. The van der Waals surface area contributed by atoms with Crippen LogP contribution in [0, 0.1) is 0 Å². The monoisotopic (exact) mass is 188 g/mol.